The van der Waals surface area contributed by atoms with Gasteiger partial charge in [-0.2, -0.15) is 23.5 Å². The molecule has 2 fully saturated rings. The topological polar surface area (TPSA) is 128 Å². The summed E-state index contributed by atoms with van der Waals surface area (Å²) >= 11 is 0. The summed E-state index contributed by atoms with van der Waals surface area (Å²) in [6.45, 7) is 1.74. The summed E-state index contributed by atoms with van der Waals surface area (Å²) in [5.74, 6) is -2.00. The van der Waals surface area contributed by atoms with Crippen LogP contribution in [0.4, 0.5) is 23.4 Å². The van der Waals surface area contributed by atoms with Crippen molar-refractivity contribution in [2.24, 2.45) is 0 Å². The number of nitriles is 1. The maximum atomic E-state index is 15.2. The maximum absolute atomic E-state index is 15.2. The predicted octanol–water partition coefficient (Wildman–Crippen LogP) is 3.85. The number of ether oxygens (including phenoxy) is 1. The predicted molar refractivity (Wildman–Crippen MR) is 134 cm³/mol. The molecule has 3 aromatic heterocycles. The Morgan fingerprint density at radius 1 is 1.07 bits per heavy atom. The van der Waals surface area contributed by atoms with Crippen LogP contribution < -0.4 is 10.6 Å². The highest BCUT2D eigenvalue weighted by molar-refractivity contribution is 5.69. The van der Waals surface area contributed by atoms with Crippen LogP contribution in [0, 0.1) is 17.1 Å². The molecule has 2 saturated heterocycles. The first-order chi connectivity index (χ1) is 19.7. The molecule has 212 valence electrons. The molecule has 0 radical (unpaired) electrons. The molecule has 15 heteroatoms. The van der Waals surface area contributed by atoms with E-state index in [1.807, 2.05) is 4.90 Å². The van der Waals surface area contributed by atoms with Crippen molar-refractivity contribution in [1.29, 1.82) is 5.26 Å². The van der Waals surface area contributed by atoms with E-state index in [1.54, 1.807) is 12.1 Å². The Morgan fingerprint density at radius 2 is 1.88 bits per heavy atom. The number of halogens is 4. The zero-order valence-corrected chi connectivity index (χ0v) is 21.4. The molecule has 41 heavy (non-hydrogen) atoms. The van der Waals surface area contributed by atoms with E-state index in [0.717, 1.165) is 4.57 Å². The average Bonchev–Trinajstić information content (AvgIpc) is 3.74. The van der Waals surface area contributed by atoms with Crippen molar-refractivity contribution >= 4 is 5.82 Å². The van der Waals surface area contributed by atoms with E-state index in [2.05, 4.69) is 26.3 Å². The number of hydrogen-bond donors (Lipinski definition) is 0. The van der Waals surface area contributed by atoms with Crippen molar-refractivity contribution in [3.05, 3.63) is 70.4 Å². The van der Waals surface area contributed by atoms with Gasteiger partial charge in [-0.05, 0) is 43.0 Å². The van der Waals surface area contributed by atoms with Gasteiger partial charge >= 0.3 is 17.8 Å². The molecule has 2 aliphatic heterocycles. The summed E-state index contributed by atoms with van der Waals surface area (Å²) in [6, 6.07) is 7.90. The lowest BCUT2D eigenvalue weighted by Crippen LogP contribution is -2.34. The molecule has 11 nitrogen and oxygen atoms in total. The second-order valence-corrected chi connectivity index (χ2v) is 9.82. The Morgan fingerprint density at radius 3 is 2.54 bits per heavy atom. The molecule has 0 saturated carbocycles. The van der Waals surface area contributed by atoms with Gasteiger partial charge in [0, 0.05) is 37.4 Å². The summed E-state index contributed by atoms with van der Waals surface area (Å²) in [4.78, 5) is 19.1. The maximum Gasteiger partial charge on any atom is 0.470 e. The van der Waals surface area contributed by atoms with Crippen LogP contribution >= 0.6 is 0 Å². The molecule has 6 rings (SSSR count). The third kappa shape index (κ3) is 5.06. The first kappa shape index (κ1) is 26.6. The molecule has 0 amide bonds. The molecular weight excluding hydrogens is 548 g/mol. The Hall–Kier alpha value is -4.58. The number of benzene rings is 1. The van der Waals surface area contributed by atoms with Crippen LogP contribution in [-0.4, -0.2) is 55.8 Å². The number of anilines is 1. The molecule has 2 aliphatic rings. The van der Waals surface area contributed by atoms with E-state index in [4.69, 9.17) is 9.15 Å². The number of pyridine rings is 1. The summed E-state index contributed by atoms with van der Waals surface area (Å²) in [5.41, 5.74) is 0.803. The third-order valence-electron chi connectivity index (χ3n) is 7.30. The van der Waals surface area contributed by atoms with Gasteiger partial charge in [-0.15, -0.1) is 10.2 Å². The van der Waals surface area contributed by atoms with Crippen LogP contribution in [0.1, 0.15) is 48.6 Å². The summed E-state index contributed by atoms with van der Waals surface area (Å²) in [7, 11) is 0. The number of nitrogens with zero attached hydrogens (tertiary/aromatic N) is 8. The van der Waals surface area contributed by atoms with Crippen LogP contribution in [0.5, 0.6) is 0 Å². The zero-order valence-electron chi connectivity index (χ0n) is 21.4. The second kappa shape index (κ2) is 10.4. The van der Waals surface area contributed by atoms with Gasteiger partial charge in [0.1, 0.15) is 24.0 Å². The SMILES string of the molecule is N#Cc1cc(-c2ccc(-n3cnn([C@H]4CCOC4)c3=O)c(F)c2)cnc1N1CCC(c2nnc(C(F)(F)F)o2)CC1. The molecular formula is C26H22F4N8O3. The Kier molecular flexibility index (Phi) is 6.78. The fourth-order valence-corrected chi connectivity index (χ4v) is 5.13. The van der Waals surface area contributed by atoms with Crippen LogP contribution in [0.2, 0.25) is 0 Å². The summed E-state index contributed by atoms with van der Waals surface area (Å²) in [6.07, 6.45) is -0.376. The van der Waals surface area contributed by atoms with E-state index >= 15 is 4.39 Å². The highest BCUT2D eigenvalue weighted by atomic mass is 19.4. The molecule has 0 N–H and O–H groups in total. The smallest absolute Gasteiger partial charge is 0.417 e. The third-order valence-corrected chi connectivity index (χ3v) is 7.30. The minimum Gasteiger partial charge on any atom is -0.417 e. The molecule has 0 aliphatic carbocycles. The Balaban J connectivity index is 1.18. The van der Waals surface area contributed by atoms with E-state index < -0.39 is 23.6 Å². The van der Waals surface area contributed by atoms with Crippen molar-refractivity contribution in [2.45, 2.75) is 37.4 Å². The van der Waals surface area contributed by atoms with Gasteiger partial charge < -0.3 is 14.1 Å². The van der Waals surface area contributed by atoms with Crippen molar-refractivity contribution in [2.75, 3.05) is 31.2 Å². The highest BCUT2D eigenvalue weighted by Crippen LogP contribution is 2.34. The van der Waals surface area contributed by atoms with Gasteiger partial charge in [-0.3, -0.25) is 0 Å². The minimum atomic E-state index is -4.70. The monoisotopic (exact) mass is 570 g/mol. The number of rotatable bonds is 5. The lowest BCUT2D eigenvalue weighted by Gasteiger charge is -2.31. The van der Waals surface area contributed by atoms with Gasteiger partial charge in [0.25, 0.3) is 0 Å². The molecule has 1 aromatic carbocycles. The minimum absolute atomic E-state index is 0.0421. The Bertz CT molecular complexity index is 1670. The lowest BCUT2D eigenvalue weighted by molar-refractivity contribution is -0.157. The van der Waals surface area contributed by atoms with Crippen molar-refractivity contribution in [3.8, 4) is 22.9 Å². The first-order valence-electron chi connectivity index (χ1n) is 12.8. The van der Waals surface area contributed by atoms with Gasteiger partial charge in [0.05, 0.1) is 23.9 Å². The molecule has 4 aromatic rings. The molecule has 5 heterocycles. The summed E-state index contributed by atoms with van der Waals surface area (Å²) in [5, 5.41) is 20.6. The van der Waals surface area contributed by atoms with Crippen molar-refractivity contribution in [1.82, 2.24) is 29.5 Å². The van der Waals surface area contributed by atoms with E-state index in [1.165, 1.54) is 29.3 Å². The van der Waals surface area contributed by atoms with E-state index in [9.17, 15) is 23.2 Å². The molecule has 1 atom stereocenters. The second-order valence-electron chi connectivity index (χ2n) is 9.82. The normalized spacial score (nSPS) is 18.1. The van der Waals surface area contributed by atoms with Gasteiger partial charge in [-0.25, -0.2) is 23.4 Å². The van der Waals surface area contributed by atoms with Crippen LogP contribution in [-0.2, 0) is 10.9 Å². The number of aromatic nitrogens is 6. The molecule has 0 unspecified atom stereocenters. The van der Waals surface area contributed by atoms with Gasteiger partial charge in [-0.1, -0.05) is 6.07 Å². The summed E-state index contributed by atoms with van der Waals surface area (Å²) < 4.78 is 66.1. The lowest BCUT2D eigenvalue weighted by atomic mass is 9.96. The van der Waals surface area contributed by atoms with Crippen molar-refractivity contribution in [3.63, 3.8) is 0 Å². The van der Waals surface area contributed by atoms with E-state index in [0.29, 0.717) is 62.5 Å². The fraction of sp³-hybridized carbons (Fsp3) is 0.385. The number of alkyl halides is 3. The molecule has 0 spiro atoms. The van der Waals surface area contributed by atoms with Crippen molar-refractivity contribution < 1.29 is 26.7 Å². The first-order valence-corrected chi connectivity index (χ1v) is 12.8. The van der Waals surface area contributed by atoms with Gasteiger partial charge in [0.2, 0.25) is 5.89 Å². The van der Waals surface area contributed by atoms with E-state index in [-0.39, 0.29) is 29.1 Å². The largest absolute Gasteiger partial charge is 0.470 e. The van der Waals surface area contributed by atoms with Crippen LogP contribution in [0.3, 0.4) is 0 Å². The Labute approximate surface area is 229 Å². The molecule has 0 bridgehead atoms. The average molecular weight is 571 g/mol. The van der Waals surface area contributed by atoms with Crippen LogP contribution in [0.25, 0.3) is 16.8 Å². The van der Waals surface area contributed by atoms with Gasteiger partial charge in [0.15, 0.2) is 0 Å². The standard InChI is InChI=1S/C26H22F4N8O3/c27-20-10-16(1-2-21(20)37-14-33-38(25(37)39)19-5-8-40-13-19)18-9-17(11-31)22(32-12-18)36-6-3-15(4-7-36)23-34-35-24(41-23)26(28,29)30/h1-2,9-10,12,14-15,19H,3-8,13H2/t19-/m0/s1. The van der Waals surface area contributed by atoms with Crippen LogP contribution in [0.15, 0.2) is 46.0 Å². The fourth-order valence-electron chi connectivity index (χ4n) is 5.13. The quantitative estimate of drug-likeness (QED) is 0.329. The zero-order chi connectivity index (χ0) is 28.7. The number of piperidine rings is 1. The highest BCUT2D eigenvalue weighted by Gasteiger charge is 2.39. The number of hydrogen-bond acceptors (Lipinski definition) is 9.